The number of ether oxygens (including phenoxy) is 1. The van der Waals surface area contributed by atoms with Gasteiger partial charge in [0.2, 0.25) is 5.91 Å². The van der Waals surface area contributed by atoms with E-state index in [1.165, 1.54) is 68.3 Å². The molecule has 196 valence electrons. The molecule has 0 radical (unpaired) electrons. The van der Waals surface area contributed by atoms with Crippen LogP contribution in [0.25, 0.3) is 0 Å². The Hall–Kier alpha value is -2.40. The summed E-state index contributed by atoms with van der Waals surface area (Å²) in [5.41, 5.74) is 2.97. The molecule has 1 aliphatic heterocycles. The van der Waals surface area contributed by atoms with Crippen molar-refractivity contribution in [2.45, 2.75) is 91.0 Å². The first kappa shape index (κ1) is 28.2. The van der Waals surface area contributed by atoms with Gasteiger partial charge in [-0.15, -0.1) is 11.8 Å². The lowest BCUT2D eigenvalue weighted by Crippen LogP contribution is -2.16. The maximum Gasteiger partial charge on any atom is 0.228 e. The average Bonchev–Trinajstić information content (AvgIpc) is 3.28. The van der Waals surface area contributed by atoms with Crippen LogP contribution in [0.15, 0.2) is 59.6 Å². The largest absolute Gasteiger partial charge is 0.493 e. The zero-order valence-corrected chi connectivity index (χ0v) is 23.1. The van der Waals surface area contributed by atoms with Crippen molar-refractivity contribution in [2.75, 3.05) is 17.8 Å². The highest BCUT2D eigenvalue weighted by Gasteiger charge is 2.12. The molecule has 1 heterocycles. The third-order valence-corrected chi connectivity index (χ3v) is 7.52. The molecular weight excluding hydrogens is 464 g/mol. The van der Waals surface area contributed by atoms with Crippen LogP contribution in [0.5, 0.6) is 5.75 Å². The average molecular weight is 509 g/mol. The van der Waals surface area contributed by atoms with Crippen molar-refractivity contribution < 1.29 is 9.53 Å². The number of anilines is 1. The van der Waals surface area contributed by atoms with E-state index in [9.17, 15) is 4.79 Å². The molecule has 1 aliphatic rings. The monoisotopic (exact) mass is 508 g/mol. The Morgan fingerprint density at radius 3 is 2.39 bits per heavy atom. The maximum atomic E-state index is 12.8. The Labute approximate surface area is 222 Å². The molecule has 3 rings (SSSR count). The number of carbonyl (C=O) groups excluding carboxylic acids is 1. The summed E-state index contributed by atoms with van der Waals surface area (Å²) >= 11 is 1.86. The van der Waals surface area contributed by atoms with Gasteiger partial charge < -0.3 is 15.0 Å². The molecule has 4 nitrogen and oxygen atoms in total. The van der Waals surface area contributed by atoms with Gasteiger partial charge in [-0.05, 0) is 42.0 Å². The second-order valence-corrected chi connectivity index (χ2v) is 11.0. The second-order valence-electron chi connectivity index (χ2n) is 9.82. The molecule has 0 unspecified atom stereocenters. The zero-order chi connectivity index (χ0) is 25.4. The number of hydrogen-bond donors (Lipinski definition) is 1. The Kier molecular flexibility index (Phi) is 12.8. The number of nitrogens with zero attached hydrogens (tertiary/aromatic N) is 1. The second kappa shape index (κ2) is 16.4. The first-order valence-corrected chi connectivity index (χ1v) is 14.8. The molecule has 0 aliphatic carbocycles. The lowest BCUT2D eigenvalue weighted by atomic mass is 10.1. The summed E-state index contributed by atoms with van der Waals surface area (Å²) in [6.07, 6.45) is 15.6. The standard InChI is InChI=1S/C31H44N2O2S/c1-3-4-5-6-7-8-9-10-11-14-20-35-30-19-13-12-17-28(30)22-31(34)32-29-18-15-16-27(21-29)24-33-23-26(2)36-25-33/h12-13,15-19,21,23H,3-11,14,20,22,24-25H2,1-2H3,(H,32,34). The van der Waals surface area contributed by atoms with Crippen LogP contribution in [-0.2, 0) is 17.8 Å². The van der Waals surface area contributed by atoms with E-state index in [0.29, 0.717) is 13.0 Å². The normalized spacial score (nSPS) is 13.1. The minimum Gasteiger partial charge on any atom is -0.493 e. The summed E-state index contributed by atoms with van der Waals surface area (Å²) in [6, 6.07) is 16.1. The van der Waals surface area contributed by atoms with Crippen LogP contribution >= 0.6 is 11.8 Å². The van der Waals surface area contributed by atoms with E-state index in [-0.39, 0.29) is 5.91 Å². The van der Waals surface area contributed by atoms with Gasteiger partial charge in [0.15, 0.2) is 0 Å². The highest BCUT2D eigenvalue weighted by molar-refractivity contribution is 8.03. The van der Waals surface area contributed by atoms with Crippen molar-refractivity contribution in [3.63, 3.8) is 0 Å². The highest BCUT2D eigenvalue weighted by atomic mass is 32.2. The van der Waals surface area contributed by atoms with Crippen LogP contribution in [0.4, 0.5) is 5.69 Å². The molecule has 0 bridgehead atoms. The maximum absolute atomic E-state index is 12.8. The number of unbranched alkanes of at least 4 members (excludes halogenated alkanes) is 9. The molecule has 1 N–H and O–H groups in total. The van der Waals surface area contributed by atoms with E-state index in [0.717, 1.165) is 35.8 Å². The number of amides is 1. The molecule has 0 fully saturated rings. The predicted molar refractivity (Wildman–Crippen MR) is 154 cm³/mol. The van der Waals surface area contributed by atoms with Crippen LogP contribution in [0.3, 0.4) is 0 Å². The number of carbonyl (C=O) groups is 1. The summed E-state index contributed by atoms with van der Waals surface area (Å²) < 4.78 is 6.07. The highest BCUT2D eigenvalue weighted by Crippen LogP contribution is 2.26. The van der Waals surface area contributed by atoms with Gasteiger partial charge in [-0.3, -0.25) is 4.79 Å². The van der Waals surface area contributed by atoms with Crippen LogP contribution < -0.4 is 10.1 Å². The van der Waals surface area contributed by atoms with Crippen LogP contribution in [0, 0.1) is 0 Å². The summed E-state index contributed by atoms with van der Waals surface area (Å²) in [5, 5.41) is 3.07. The fourth-order valence-electron chi connectivity index (χ4n) is 4.53. The van der Waals surface area contributed by atoms with Crippen molar-refractivity contribution in [2.24, 2.45) is 0 Å². The van der Waals surface area contributed by atoms with Gasteiger partial charge in [0.25, 0.3) is 0 Å². The topological polar surface area (TPSA) is 41.6 Å². The third kappa shape index (κ3) is 10.7. The van der Waals surface area contributed by atoms with E-state index >= 15 is 0 Å². The van der Waals surface area contributed by atoms with Gasteiger partial charge >= 0.3 is 0 Å². The number of benzene rings is 2. The van der Waals surface area contributed by atoms with Gasteiger partial charge in [0.1, 0.15) is 5.75 Å². The minimum atomic E-state index is -0.0189. The third-order valence-electron chi connectivity index (χ3n) is 6.50. The van der Waals surface area contributed by atoms with Crippen LogP contribution in [0.2, 0.25) is 0 Å². The molecule has 2 aromatic rings. The van der Waals surface area contributed by atoms with Gasteiger partial charge in [-0.25, -0.2) is 0 Å². The summed E-state index contributed by atoms with van der Waals surface area (Å²) in [4.78, 5) is 16.4. The number of para-hydroxylation sites is 1. The Morgan fingerprint density at radius 1 is 0.944 bits per heavy atom. The molecule has 1 amide bonds. The molecule has 36 heavy (non-hydrogen) atoms. The molecule has 0 spiro atoms. The van der Waals surface area contributed by atoms with E-state index in [4.69, 9.17) is 4.74 Å². The molecule has 0 saturated carbocycles. The number of thioether (sulfide) groups is 1. The smallest absolute Gasteiger partial charge is 0.228 e. The van der Waals surface area contributed by atoms with Gasteiger partial charge in [0.05, 0.1) is 18.9 Å². The number of rotatable bonds is 17. The molecule has 0 atom stereocenters. The molecular formula is C31H44N2O2S. The van der Waals surface area contributed by atoms with Crippen molar-refractivity contribution in [3.05, 3.63) is 70.8 Å². The fourth-order valence-corrected chi connectivity index (χ4v) is 5.29. The quantitative estimate of drug-likeness (QED) is 0.217. The van der Waals surface area contributed by atoms with Crippen molar-refractivity contribution >= 4 is 23.4 Å². The van der Waals surface area contributed by atoms with Crippen LogP contribution in [-0.4, -0.2) is 23.3 Å². The molecule has 0 saturated heterocycles. The number of nitrogens with one attached hydrogen (secondary N) is 1. The lowest BCUT2D eigenvalue weighted by molar-refractivity contribution is -0.115. The Morgan fingerprint density at radius 2 is 1.67 bits per heavy atom. The summed E-state index contributed by atoms with van der Waals surface area (Å²) in [7, 11) is 0. The Balaban J connectivity index is 1.37. The number of hydrogen-bond acceptors (Lipinski definition) is 4. The summed E-state index contributed by atoms with van der Waals surface area (Å²) in [5.74, 6) is 1.79. The minimum absolute atomic E-state index is 0.0189. The first-order chi connectivity index (χ1) is 17.6. The van der Waals surface area contributed by atoms with Crippen molar-refractivity contribution in [1.29, 1.82) is 0 Å². The lowest BCUT2D eigenvalue weighted by Gasteiger charge is -2.15. The SMILES string of the molecule is CCCCCCCCCCCCOc1ccccc1CC(=O)Nc1cccc(CN2C=C(C)SC2)c1. The zero-order valence-electron chi connectivity index (χ0n) is 22.3. The van der Waals surface area contributed by atoms with E-state index in [1.807, 2.05) is 48.2 Å². The van der Waals surface area contributed by atoms with Crippen molar-refractivity contribution in [1.82, 2.24) is 4.90 Å². The predicted octanol–water partition coefficient (Wildman–Crippen LogP) is 8.54. The molecule has 0 aromatic heterocycles. The van der Waals surface area contributed by atoms with Crippen molar-refractivity contribution in [3.8, 4) is 5.75 Å². The van der Waals surface area contributed by atoms with Gasteiger partial charge in [-0.1, -0.05) is 95.0 Å². The molecule has 2 aromatic carbocycles. The van der Waals surface area contributed by atoms with E-state index in [2.05, 4.69) is 42.4 Å². The summed E-state index contributed by atoms with van der Waals surface area (Å²) in [6.45, 7) is 5.97. The van der Waals surface area contributed by atoms with Gasteiger partial charge in [-0.2, -0.15) is 0 Å². The first-order valence-electron chi connectivity index (χ1n) is 13.8. The van der Waals surface area contributed by atoms with Crippen LogP contribution in [0.1, 0.15) is 89.2 Å². The fraction of sp³-hybridized carbons (Fsp3) is 0.516. The Bertz CT molecular complexity index is 959. The van der Waals surface area contributed by atoms with Gasteiger partial charge in [0, 0.05) is 24.0 Å². The molecule has 5 heteroatoms. The van der Waals surface area contributed by atoms with E-state index in [1.54, 1.807) is 0 Å². The van der Waals surface area contributed by atoms with E-state index < -0.39 is 0 Å². The number of allylic oxidation sites excluding steroid dienone is 1.